The standard InChI is InChI=1S/C16H22BrNO4/c1-16(2,18-5-7-22-8-6-18)15(19)12-9-11(20-3)10-13(17)14(12)21-4/h9-10H,5-8H2,1-4H3. The van der Waals surface area contributed by atoms with Crippen molar-refractivity contribution in [2.45, 2.75) is 19.4 Å². The molecule has 1 aliphatic rings. The van der Waals surface area contributed by atoms with Crippen molar-refractivity contribution >= 4 is 21.7 Å². The average molecular weight is 372 g/mol. The first kappa shape index (κ1) is 17.2. The second-order valence-electron chi connectivity index (χ2n) is 5.68. The summed E-state index contributed by atoms with van der Waals surface area (Å²) in [4.78, 5) is 15.3. The van der Waals surface area contributed by atoms with Gasteiger partial charge < -0.3 is 14.2 Å². The molecule has 22 heavy (non-hydrogen) atoms. The first-order chi connectivity index (χ1) is 10.4. The minimum atomic E-state index is -0.636. The molecule has 1 heterocycles. The van der Waals surface area contributed by atoms with E-state index in [1.54, 1.807) is 26.4 Å². The van der Waals surface area contributed by atoms with Gasteiger partial charge in [-0.05, 0) is 41.9 Å². The van der Waals surface area contributed by atoms with Crippen molar-refractivity contribution in [3.8, 4) is 11.5 Å². The molecule has 6 heteroatoms. The van der Waals surface area contributed by atoms with Gasteiger partial charge in [0.2, 0.25) is 0 Å². The van der Waals surface area contributed by atoms with Gasteiger partial charge in [0.15, 0.2) is 5.78 Å². The first-order valence-corrected chi connectivity index (χ1v) is 8.00. The Labute approximate surface area is 139 Å². The predicted octanol–water partition coefficient (Wildman–Crippen LogP) is 2.76. The SMILES string of the molecule is COc1cc(Br)c(OC)c(C(=O)C(C)(C)N2CCOCC2)c1. The normalized spacial score (nSPS) is 16.4. The van der Waals surface area contributed by atoms with Crippen molar-refractivity contribution in [2.24, 2.45) is 0 Å². The van der Waals surface area contributed by atoms with Gasteiger partial charge in [0.05, 0.1) is 43.0 Å². The Kier molecular flexibility index (Phi) is 5.47. The Morgan fingerprint density at radius 3 is 2.41 bits per heavy atom. The number of methoxy groups -OCH3 is 2. The number of hydrogen-bond acceptors (Lipinski definition) is 5. The molecule has 0 bridgehead atoms. The first-order valence-electron chi connectivity index (χ1n) is 7.21. The molecule has 1 aromatic rings. The molecule has 1 aliphatic heterocycles. The van der Waals surface area contributed by atoms with Crippen LogP contribution in [0.1, 0.15) is 24.2 Å². The van der Waals surface area contributed by atoms with Gasteiger partial charge in [-0.25, -0.2) is 0 Å². The molecular weight excluding hydrogens is 350 g/mol. The minimum absolute atomic E-state index is 0.00542. The molecule has 1 aromatic carbocycles. The Morgan fingerprint density at radius 2 is 1.86 bits per heavy atom. The van der Waals surface area contributed by atoms with E-state index in [0.717, 1.165) is 13.1 Å². The quantitative estimate of drug-likeness (QED) is 0.744. The van der Waals surface area contributed by atoms with E-state index in [1.165, 1.54) is 0 Å². The summed E-state index contributed by atoms with van der Waals surface area (Å²) in [5.41, 5.74) is -0.117. The van der Waals surface area contributed by atoms with E-state index in [4.69, 9.17) is 14.2 Å². The lowest BCUT2D eigenvalue weighted by Gasteiger charge is -2.39. The molecule has 0 unspecified atom stereocenters. The summed E-state index contributed by atoms with van der Waals surface area (Å²) in [5, 5.41) is 0. The fourth-order valence-electron chi connectivity index (χ4n) is 2.66. The summed E-state index contributed by atoms with van der Waals surface area (Å²) in [6.45, 7) is 6.66. The van der Waals surface area contributed by atoms with Crippen molar-refractivity contribution < 1.29 is 19.0 Å². The molecule has 0 saturated carbocycles. The lowest BCUT2D eigenvalue weighted by molar-refractivity contribution is -0.00439. The molecular formula is C16H22BrNO4. The second-order valence-corrected chi connectivity index (χ2v) is 6.53. The molecule has 0 amide bonds. The van der Waals surface area contributed by atoms with Crippen molar-refractivity contribution in [3.63, 3.8) is 0 Å². The number of benzene rings is 1. The third-order valence-corrected chi connectivity index (χ3v) is 4.65. The van der Waals surface area contributed by atoms with Gasteiger partial charge in [0.25, 0.3) is 0 Å². The summed E-state index contributed by atoms with van der Waals surface area (Å²) in [6.07, 6.45) is 0. The number of Topliss-reactive ketones (excluding diaryl/α,β-unsaturated/α-hetero) is 1. The highest BCUT2D eigenvalue weighted by atomic mass is 79.9. The number of hydrogen-bond donors (Lipinski definition) is 0. The van der Waals surface area contributed by atoms with Gasteiger partial charge in [-0.3, -0.25) is 9.69 Å². The van der Waals surface area contributed by atoms with E-state index < -0.39 is 5.54 Å². The fraction of sp³-hybridized carbons (Fsp3) is 0.562. The summed E-state index contributed by atoms with van der Waals surface area (Å²) in [5.74, 6) is 1.16. The van der Waals surface area contributed by atoms with E-state index in [9.17, 15) is 4.79 Å². The lowest BCUT2D eigenvalue weighted by atomic mass is 9.90. The number of rotatable bonds is 5. The van der Waals surface area contributed by atoms with Gasteiger partial charge in [0, 0.05) is 13.1 Å². The van der Waals surface area contributed by atoms with Crippen molar-refractivity contribution in [2.75, 3.05) is 40.5 Å². The third-order valence-electron chi connectivity index (χ3n) is 4.06. The van der Waals surface area contributed by atoms with Crippen LogP contribution in [0.5, 0.6) is 11.5 Å². The summed E-state index contributed by atoms with van der Waals surface area (Å²) < 4.78 is 16.8. The molecule has 0 aromatic heterocycles. The summed E-state index contributed by atoms with van der Waals surface area (Å²) in [6, 6.07) is 3.52. The highest BCUT2D eigenvalue weighted by Gasteiger charge is 2.37. The Bertz CT molecular complexity index is 553. The van der Waals surface area contributed by atoms with Crippen LogP contribution >= 0.6 is 15.9 Å². The van der Waals surface area contributed by atoms with E-state index in [-0.39, 0.29) is 5.78 Å². The Morgan fingerprint density at radius 1 is 1.23 bits per heavy atom. The molecule has 0 radical (unpaired) electrons. The van der Waals surface area contributed by atoms with Gasteiger partial charge >= 0.3 is 0 Å². The largest absolute Gasteiger partial charge is 0.497 e. The molecule has 0 spiro atoms. The second kappa shape index (κ2) is 6.98. The third kappa shape index (κ3) is 3.29. The monoisotopic (exact) mass is 371 g/mol. The number of morpholine rings is 1. The Hall–Kier alpha value is -1.11. The smallest absolute Gasteiger partial charge is 0.186 e. The molecule has 5 nitrogen and oxygen atoms in total. The number of ketones is 1. The topological polar surface area (TPSA) is 48.0 Å². The van der Waals surface area contributed by atoms with Crippen LogP contribution in [0.2, 0.25) is 0 Å². The van der Waals surface area contributed by atoms with Gasteiger partial charge in [0.1, 0.15) is 11.5 Å². The van der Waals surface area contributed by atoms with Crippen LogP contribution < -0.4 is 9.47 Å². The fourth-order valence-corrected chi connectivity index (χ4v) is 3.26. The van der Waals surface area contributed by atoms with E-state index in [0.29, 0.717) is 34.7 Å². The van der Waals surface area contributed by atoms with Crippen LogP contribution in [-0.2, 0) is 4.74 Å². The number of carbonyl (C=O) groups is 1. The van der Waals surface area contributed by atoms with Gasteiger partial charge in [-0.2, -0.15) is 0 Å². The summed E-state index contributed by atoms with van der Waals surface area (Å²) >= 11 is 3.44. The molecule has 0 atom stereocenters. The zero-order valence-electron chi connectivity index (χ0n) is 13.4. The van der Waals surface area contributed by atoms with Crippen LogP contribution in [0, 0.1) is 0 Å². The maximum absolute atomic E-state index is 13.1. The van der Waals surface area contributed by atoms with E-state index >= 15 is 0 Å². The zero-order chi connectivity index (χ0) is 16.3. The van der Waals surface area contributed by atoms with Crippen LogP contribution in [0.15, 0.2) is 16.6 Å². The van der Waals surface area contributed by atoms with Gasteiger partial charge in [-0.15, -0.1) is 0 Å². The molecule has 1 fully saturated rings. The number of ether oxygens (including phenoxy) is 3. The lowest BCUT2D eigenvalue weighted by Crippen LogP contribution is -2.54. The van der Waals surface area contributed by atoms with Crippen LogP contribution in [0.25, 0.3) is 0 Å². The predicted molar refractivity (Wildman–Crippen MR) is 88.0 cm³/mol. The highest BCUT2D eigenvalue weighted by Crippen LogP contribution is 2.36. The maximum Gasteiger partial charge on any atom is 0.186 e. The number of halogens is 1. The van der Waals surface area contributed by atoms with Crippen LogP contribution in [-0.4, -0.2) is 56.7 Å². The molecule has 122 valence electrons. The van der Waals surface area contributed by atoms with E-state index in [1.807, 2.05) is 13.8 Å². The summed E-state index contributed by atoms with van der Waals surface area (Å²) in [7, 11) is 3.14. The average Bonchev–Trinajstić information content (AvgIpc) is 2.54. The number of nitrogens with zero attached hydrogens (tertiary/aromatic N) is 1. The molecule has 0 aliphatic carbocycles. The highest BCUT2D eigenvalue weighted by molar-refractivity contribution is 9.10. The molecule has 2 rings (SSSR count). The van der Waals surface area contributed by atoms with Crippen LogP contribution in [0.3, 0.4) is 0 Å². The van der Waals surface area contributed by atoms with Crippen LogP contribution in [0.4, 0.5) is 0 Å². The van der Waals surface area contributed by atoms with Crippen molar-refractivity contribution in [1.82, 2.24) is 4.90 Å². The molecule has 1 saturated heterocycles. The van der Waals surface area contributed by atoms with E-state index in [2.05, 4.69) is 20.8 Å². The van der Waals surface area contributed by atoms with Gasteiger partial charge in [-0.1, -0.05) is 0 Å². The zero-order valence-corrected chi connectivity index (χ0v) is 15.0. The number of carbonyl (C=O) groups excluding carboxylic acids is 1. The molecule has 0 N–H and O–H groups in total. The van der Waals surface area contributed by atoms with Crippen molar-refractivity contribution in [1.29, 1.82) is 0 Å². The minimum Gasteiger partial charge on any atom is -0.497 e. The Balaban J connectivity index is 2.40. The van der Waals surface area contributed by atoms with Crippen molar-refractivity contribution in [3.05, 3.63) is 22.2 Å². The maximum atomic E-state index is 13.1.